The summed E-state index contributed by atoms with van der Waals surface area (Å²) in [5, 5.41) is 0. The quantitative estimate of drug-likeness (QED) is 0.657. The van der Waals surface area contributed by atoms with Crippen molar-refractivity contribution in [3.63, 3.8) is 0 Å². The molecule has 3 heteroatoms. The van der Waals surface area contributed by atoms with Gasteiger partial charge in [0.2, 0.25) is 0 Å². The molecule has 0 aliphatic heterocycles. The zero-order valence-corrected chi connectivity index (χ0v) is 12.6. The Bertz CT molecular complexity index is 186. The maximum absolute atomic E-state index is 5.77. The van der Waals surface area contributed by atoms with E-state index in [0.29, 0.717) is 19.3 Å². The Labute approximate surface area is 107 Å². The van der Waals surface area contributed by atoms with Crippen LogP contribution in [0, 0.1) is 0 Å². The van der Waals surface area contributed by atoms with Crippen molar-refractivity contribution in [3.8, 4) is 0 Å². The van der Waals surface area contributed by atoms with Crippen LogP contribution in [0.2, 0.25) is 0 Å². The number of ether oxygens (including phenoxy) is 3. The fraction of sp³-hybridized carbons (Fsp3) is 1.00. The average Bonchev–Trinajstić information content (AvgIpc) is 2.20. The molecule has 3 nitrogen and oxygen atoms in total. The van der Waals surface area contributed by atoms with Gasteiger partial charge in [-0.3, -0.25) is 0 Å². The molecule has 0 aromatic heterocycles. The summed E-state index contributed by atoms with van der Waals surface area (Å²) in [6, 6.07) is 0. The van der Waals surface area contributed by atoms with E-state index in [1.165, 1.54) is 0 Å². The third-order valence-electron chi connectivity index (χ3n) is 2.36. The Kier molecular flexibility index (Phi) is 8.01. The van der Waals surface area contributed by atoms with Crippen LogP contribution in [0.5, 0.6) is 0 Å². The van der Waals surface area contributed by atoms with Gasteiger partial charge in [0.1, 0.15) is 0 Å². The van der Waals surface area contributed by atoms with Crippen molar-refractivity contribution in [2.75, 3.05) is 13.2 Å². The molecule has 0 radical (unpaired) electrons. The van der Waals surface area contributed by atoms with E-state index < -0.39 is 0 Å². The molecule has 0 fully saturated rings. The largest absolute Gasteiger partial charge is 0.376 e. The molecule has 3 atom stereocenters. The van der Waals surface area contributed by atoms with Crippen molar-refractivity contribution in [3.05, 3.63) is 0 Å². The molecule has 0 heterocycles. The van der Waals surface area contributed by atoms with Crippen LogP contribution in [0.25, 0.3) is 0 Å². The highest BCUT2D eigenvalue weighted by Crippen LogP contribution is 2.11. The fourth-order valence-electron chi connectivity index (χ4n) is 1.40. The summed E-state index contributed by atoms with van der Waals surface area (Å²) in [5.41, 5.74) is -0.112. The van der Waals surface area contributed by atoms with Crippen LogP contribution in [0.4, 0.5) is 0 Å². The maximum Gasteiger partial charge on any atom is 0.0787 e. The first-order chi connectivity index (χ1) is 7.74. The molecule has 0 rings (SSSR count). The zero-order chi connectivity index (χ0) is 13.5. The molecule has 104 valence electrons. The molecule has 0 aromatic carbocycles. The fourth-order valence-corrected chi connectivity index (χ4v) is 1.40. The minimum atomic E-state index is -0.112. The van der Waals surface area contributed by atoms with Gasteiger partial charge in [-0.25, -0.2) is 0 Å². The Morgan fingerprint density at radius 3 is 1.76 bits per heavy atom. The van der Waals surface area contributed by atoms with Gasteiger partial charge in [-0.15, -0.1) is 0 Å². The van der Waals surface area contributed by atoms with E-state index >= 15 is 0 Å². The van der Waals surface area contributed by atoms with Gasteiger partial charge in [0.25, 0.3) is 0 Å². The molecular weight excluding hydrogens is 216 g/mol. The van der Waals surface area contributed by atoms with Crippen LogP contribution in [0.15, 0.2) is 0 Å². The highest BCUT2D eigenvalue weighted by atomic mass is 16.6. The van der Waals surface area contributed by atoms with Crippen LogP contribution in [0.3, 0.4) is 0 Å². The molecule has 0 saturated heterocycles. The molecule has 0 spiro atoms. The molecule has 0 bridgehead atoms. The monoisotopic (exact) mass is 246 g/mol. The molecule has 0 aliphatic rings. The summed E-state index contributed by atoms with van der Waals surface area (Å²) in [6.07, 6.45) is 1.58. The van der Waals surface area contributed by atoms with Gasteiger partial charge < -0.3 is 14.2 Å². The van der Waals surface area contributed by atoms with Crippen molar-refractivity contribution in [2.24, 2.45) is 0 Å². The lowest BCUT2D eigenvalue weighted by atomic mass is 10.2. The first-order valence-electron chi connectivity index (χ1n) is 6.65. The topological polar surface area (TPSA) is 27.7 Å². The van der Waals surface area contributed by atoms with Gasteiger partial charge in [0, 0.05) is 0 Å². The SMILES string of the molecule is CCC(C)OCC(C)OCC(C)OC(C)(C)C. The molecule has 0 amide bonds. The summed E-state index contributed by atoms with van der Waals surface area (Å²) in [5.74, 6) is 0. The van der Waals surface area contributed by atoms with E-state index in [0.717, 1.165) is 6.42 Å². The molecule has 0 N–H and O–H groups in total. The lowest BCUT2D eigenvalue weighted by Gasteiger charge is -2.26. The predicted octanol–water partition coefficient (Wildman–Crippen LogP) is 3.41. The van der Waals surface area contributed by atoms with Crippen molar-refractivity contribution >= 4 is 0 Å². The van der Waals surface area contributed by atoms with Gasteiger partial charge in [0.05, 0.1) is 37.1 Å². The standard InChI is InChI=1S/C14H30O3/c1-8-11(2)15-9-12(3)16-10-13(4)17-14(5,6)7/h11-13H,8-10H2,1-7H3. The molecule has 0 aromatic rings. The summed E-state index contributed by atoms with van der Waals surface area (Å²) in [6.45, 7) is 15.7. The number of hydrogen-bond donors (Lipinski definition) is 0. The first kappa shape index (κ1) is 16.9. The highest BCUT2D eigenvalue weighted by Gasteiger charge is 2.16. The maximum atomic E-state index is 5.77. The van der Waals surface area contributed by atoms with Crippen LogP contribution < -0.4 is 0 Å². The minimum absolute atomic E-state index is 0.112. The van der Waals surface area contributed by atoms with Gasteiger partial charge >= 0.3 is 0 Å². The smallest absolute Gasteiger partial charge is 0.0787 e. The van der Waals surface area contributed by atoms with Gasteiger partial charge in [0.15, 0.2) is 0 Å². The molecule has 0 saturated carbocycles. The van der Waals surface area contributed by atoms with E-state index in [-0.39, 0.29) is 17.8 Å². The summed E-state index contributed by atoms with van der Waals surface area (Å²) in [7, 11) is 0. The van der Waals surface area contributed by atoms with E-state index in [2.05, 4.69) is 34.6 Å². The second kappa shape index (κ2) is 8.06. The normalized spacial score (nSPS) is 17.8. The van der Waals surface area contributed by atoms with E-state index in [1.807, 2.05) is 13.8 Å². The van der Waals surface area contributed by atoms with Crippen molar-refractivity contribution < 1.29 is 14.2 Å². The van der Waals surface area contributed by atoms with Gasteiger partial charge in [-0.1, -0.05) is 6.92 Å². The number of hydrogen-bond acceptors (Lipinski definition) is 3. The Morgan fingerprint density at radius 2 is 1.29 bits per heavy atom. The number of rotatable bonds is 8. The van der Waals surface area contributed by atoms with E-state index in [4.69, 9.17) is 14.2 Å². The van der Waals surface area contributed by atoms with Crippen molar-refractivity contribution in [1.29, 1.82) is 0 Å². The van der Waals surface area contributed by atoms with E-state index in [1.54, 1.807) is 0 Å². The lowest BCUT2D eigenvalue weighted by molar-refractivity contribution is -0.107. The second-order valence-corrected chi connectivity index (χ2v) is 5.74. The highest BCUT2D eigenvalue weighted by molar-refractivity contribution is 4.63. The Balaban J connectivity index is 3.65. The molecule has 17 heavy (non-hydrogen) atoms. The summed E-state index contributed by atoms with van der Waals surface area (Å²) in [4.78, 5) is 0. The lowest BCUT2D eigenvalue weighted by Crippen LogP contribution is -2.31. The van der Waals surface area contributed by atoms with Crippen LogP contribution in [0.1, 0.15) is 54.9 Å². The van der Waals surface area contributed by atoms with Crippen molar-refractivity contribution in [1.82, 2.24) is 0 Å². The van der Waals surface area contributed by atoms with Crippen molar-refractivity contribution in [2.45, 2.75) is 78.8 Å². The molecule has 0 aliphatic carbocycles. The zero-order valence-electron chi connectivity index (χ0n) is 12.6. The molecular formula is C14H30O3. The summed E-state index contributed by atoms with van der Waals surface area (Å²) < 4.78 is 17.1. The first-order valence-corrected chi connectivity index (χ1v) is 6.65. The molecule has 3 unspecified atom stereocenters. The van der Waals surface area contributed by atoms with Crippen LogP contribution in [-0.2, 0) is 14.2 Å². The van der Waals surface area contributed by atoms with Gasteiger partial charge in [-0.05, 0) is 48.0 Å². The van der Waals surface area contributed by atoms with Crippen LogP contribution >= 0.6 is 0 Å². The second-order valence-electron chi connectivity index (χ2n) is 5.74. The van der Waals surface area contributed by atoms with E-state index in [9.17, 15) is 0 Å². The van der Waals surface area contributed by atoms with Crippen LogP contribution in [-0.4, -0.2) is 37.1 Å². The summed E-state index contributed by atoms with van der Waals surface area (Å²) >= 11 is 0. The Hall–Kier alpha value is -0.120. The Morgan fingerprint density at radius 1 is 0.824 bits per heavy atom. The minimum Gasteiger partial charge on any atom is -0.376 e. The third kappa shape index (κ3) is 10.7. The third-order valence-corrected chi connectivity index (χ3v) is 2.36. The predicted molar refractivity (Wildman–Crippen MR) is 71.4 cm³/mol. The average molecular weight is 246 g/mol. The van der Waals surface area contributed by atoms with Gasteiger partial charge in [-0.2, -0.15) is 0 Å².